The molecular formula is C23H42N2O9. The molecule has 1 saturated heterocycles. The Bertz CT molecular complexity index is 673. The number of ether oxygens (including phenoxy) is 3. The normalized spacial score (nSPS) is 17.8. The number of likely N-dealkylation sites (tertiary alicyclic amines) is 1. The van der Waals surface area contributed by atoms with Crippen molar-refractivity contribution in [2.75, 3.05) is 40.1 Å². The van der Waals surface area contributed by atoms with E-state index in [1.807, 2.05) is 6.92 Å². The number of amides is 1. The molecule has 0 aliphatic carbocycles. The standard InChI is InChI=1S/C23H39NO9.H3N/c1-5-17(20(27)28)13-18(21(29)32-12-11-31-4)15-23(3,22(30)33-10-9-25)14-16(2)24-8-6-7-19(24)26;/h16-18,25H,5-15H2,1-4H3,(H,27,28);1H3. The number of quaternary nitrogens is 1. The molecule has 0 aromatic rings. The number of aliphatic hydroxyl groups excluding tert-OH is 1. The highest BCUT2D eigenvalue weighted by molar-refractivity contribution is 5.80. The van der Waals surface area contributed by atoms with Crippen molar-refractivity contribution in [3.05, 3.63) is 0 Å². The molecule has 1 fully saturated rings. The molecule has 1 aliphatic heterocycles. The van der Waals surface area contributed by atoms with Gasteiger partial charge >= 0.3 is 11.9 Å². The Kier molecular flexibility index (Phi) is 14.6. The molecule has 198 valence electrons. The lowest BCUT2D eigenvalue weighted by Crippen LogP contribution is -2.43. The molecule has 4 atom stereocenters. The predicted octanol–water partition coefficient (Wildman–Crippen LogP) is 0.668. The van der Waals surface area contributed by atoms with E-state index in [4.69, 9.17) is 19.3 Å². The summed E-state index contributed by atoms with van der Waals surface area (Å²) >= 11 is 0. The first-order valence-electron chi connectivity index (χ1n) is 11.5. The van der Waals surface area contributed by atoms with Gasteiger partial charge in [-0.2, -0.15) is 0 Å². The van der Waals surface area contributed by atoms with E-state index < -0.39 is 35.2 Å². The van der Waals surface area contributed by atoms with Gasteiger partial charge in [0.1, 0.15) is 13.2 Å². The number of carboxylic acid groups (broad SMARTS) is 1. The number of hydrogen-bond donors (Lipinski definition) is 2. The Hall–Kier alpha value is -2.24. The lowest BCUT2D eigenvalue weighted by molar-refractivity contribution is -0.312. The second kappa shape index (κ2) is 15.6. The Morgan fingerprint density at radius 2 is 1.82 bits per heavy atom. The van der Waals surface area contributed by atoms with Crippen LogP contribution in [0, 0.1) is 17.3 Å². The monoisotopic (exact) mass is 490 g/mol. The van der Waals surface area contributed by atoms with Crippen molar-refractivity contribution >= 4 is 23.8 Å². The third-order valence-electron chi connectivity index (χ3n) is 6.16. The van der Waals surface area contributed by atoms with E-state index in [-0.39, 0.29) is 70.2 Å². The minimum absolute atomic E-state index is 0. The molecule has 0 aromatic carbocycles. The van der Waals surface area contributed by atoms with Gasteiger partial charge in [-0.25, -0.2) is 0 Å². The summed E-state index contributed by atoms with van der Waals surface area (Å²) in [7, 11) is 1.46. The number of methoxy groups -OCH3 is 1. The molecule has 1 rings (SSSR count). The smallest absolute Gasteiger partial charge is 0.311 e. The Balaban J connectivity index is 0.0000109. The number of rotatable bonds is 16. The topological polar surface area (TPSA) is 179 Å². The van der Waals surface area contributed by atoms with Gasteiger partial charge < -0.3 is 40.3 Å². The van der Waals surface area contributed by atoms with Gasteiger partial charge in [-0.1, -0.05) is 6.92 Å². The van der Waals surface area contributed by atoms with Crippen molar-refractivity contribution in [2.24, 2.45) is 17.3 Å². The molecule has 0 aromatic heterocycles. The van der Waals surface area contributed by atoms with Crippen LogP contribution < -0.4 is 11.3 Å². The highest BCUT2D eigenvalue weighted by Crippen LogP contribution is 2.38. The van der Waals surface area contributed by atoms with E-state index >= 15 is 0 Å². The van der Waals surface area contributed by atoms with Gasteiger partial charge in [0.25, 0.3) is 0 Å². The van der Waals surface area contributed by atoms with Gasteiger partial charge in [-0.15, -0.1) is 0 Å². The fourth-order valence-electron chi connectivity index (χ4n) is 4.38. The maximum Gasteiger partial charge on any atom is 0.311 e. The summed E-state index contributed by atoms with van der Waals surface area (Å²) < 4.78 is 15.4. The predicted molar refractivity (Wildman–Crippen MR) is 122 cm³/mol. The van der Waals surface area contributed by atoms with Gasteiger partial charge in [0.05, 0.1) is 24.5 Å². The van der Waals surface area contributed by atoms with Crippen LogP contribution >= 0.6 is 0 Å². The summed E-state index contributed by atoms with van der Waals surface area (Å²) in [6.07, 6.45) is 1.59. The third kappa shape index (κ3) is 9.55. The molecule has 0 radical (unpaired) electrons. The zero-order chi connectivity index (χ0) is 25.0. The zero-order valence-corrected chi connectivity index (χ0v) is 21.2. The fraction of sp³-hybridized carbons (Fsp3) is 0.826. The van der Waals surface area contributed by atoms with Gasteiger partial charge in [0.15, 0.2) is 0 Å². The molecule has 0 bridgehead atoms. The van der Waals surface area contributed by atoms with Gasteiger partial charge in [-0.3, -0.25) is 14.4 Å². The van der Waals surface area contributed by atoms with Crippen LogP contribution in [-0.2, 0) is 33.4 Å². The third-order valence-corrected chi connectivity index (χ3v) is 6.16. The van der Waals surface area contributed by atoms with Crippen molar-refractivity contribution in [1.29, 1.82) is 0 Å². The van der Waals surface area contributed by atoms with Crippen LogP contribution in [0.1, 0.15) is 59.3 Å². The molecule has 1 aliphatic rings. The lowest BCUT2D eigenvalue weighted by atomic mass is 9.73. The second-order valence-corrected chi connectivity index (χ2v) is 8.89. The number of carbonyl (C=O) groups is 4. The van der Waals surface area contributed by atoms with Crippen molar-refractivity contribution in [3.8, 4) is 0 Å². The molecule has 5 N–H and O–H groups in total. The van der Waals surface area contributed by atoms with Crippen LogP contribution in [0.4, 0.5) is 0 Å². The largest absolute Gasteiger partial charge is 0.550 e. The highest BCUT2D eigenvalue weighted by Gasteiger charge is 2.43. The minimum Gasteiger partial charge on any atom is -0.550 e. The summed E-state index contributed by atoms with van der Waals surface area (Å²) in [5.41, 5.74) is -1.22. The summed E-state index contributed by atoms with van der Waals surface area (Å²) in [4.78, 5) is 51.3. The summed E-state index contributed by atoms with van der Waals surface area (Å²) in [6, 6.07) is -0.292. The molecule has 1 heterocycles. The average Bonchev–Trinajstić information content (AvgIpc) is 3.20. The van der Waals surface area contributed by atoms with Crippen molar-refractivity contribution in [3.63, 3.8) is 0 Å². The van der Waals surface area contributed by atoms with Crippen molar-refractivity contribution < 1.29 is 43.6 Å². The van der Waals surface area contributed by atoms with E-state index in [0.29, 0.717) is 13.0 Å². The highest BCUT2D eigenvalue weighted by atomic mass is 16.6. The Morgan fingerprint density at radius 3 is 2.32 bits per heavy atom. The first-order chi connectivity index (χ1) is 15.6. The quantitative estimate of drug-likeness (QED) is 0.232. The van der Waals surface area contributed by atoms with E-state index in [1.54, 1.807) is 18.7 Å². The van der Waals surface area contributed by atoms with E-state index in [9.17, 15) is 24.3 Å². The van der Waals surface area contributed by atoms with E-state index in [0.717, 1.165) is 6.42 Å². The van der Waals surface area contributed by atoms with Gasteiger partial charge in [0.2, 0.25) is 5.91 Å². The SMILES string of the molecule is CCC(CC(CC(C)(CC(C)N1CCCC1=O)C(=O)OCCO)C(=O)OCCOC)C(=O)[O-].[NH4+]. The number of hydrogen-bond acceptors (Lipinski definition) is 9. The first-order valence-corrected chi connectivity index (χ1v) is 11.5. The minimum atomic E-state index is -1.27. The maximum absolute atomic E-state index is 13.0. The fourth-order valence-corrected chi connectivity index (χ4v) is 4.38. The lowest BCUT2D eigenvalue weighted by Gasteiger charge is -2.36. The number of aliphatic carboxylic acids is 1. The molecule has 11 nitrogen and oxygen atoms in total. The summed E-state index contributed by atoms with van der Waals surface area (Å²) in [5.74, 6) is -4.30. The molecule has 1 amide bonds. The van der Waals surface area contributed by atoms with Crippen LogP contribution in [0.25, 0.3) is 0 Å². The molecule has 0 saturated carbocycles. The van der Waals surface area contributed by atoms with Crippen LogP contribution in [0.3, 0.4) is 0 Å². The molecule has 4 unspecified atom stereocenters. The Morgan fingerprint density at radius 1 is 1.15 bits per heavy atom. The maximum atomic E-state index is 13.0. The second-order valence-electron chi connectivity index (χ2n) is 8.89. The van der Waals surface area contributed by atoms with Crippen molar-refractivity contribution in [1.82, 2.24) is 11.1 Å². The van der Waals surface area contributed by atoms with E-state index in [1.165, 1.54) is 7.11 Å². The molecule has 11 heteroatoms. The molecular weight excluding hydrogens is 448 g/mol. The number of carbonyl (C=O) groups excluding carboxylic acids is 4. The summed E-state index contributed by atoms with van der Waals surface area (Å²) in [6.45, 7) is 5.37. The van der Waals surface area contributed by atoms with Crippen LogP contribution in [0.2, 0.25) is 0 Å². The molecule has 34 heavy (non-hydrogen) atoms. The first kappa shape index (κ1) is 31.8. The number of aliphatic hydroxyl groups is 1. The van der Waals surface area contributed by atoms with Crippen molar-refractivity contribution in [2.45, 2.75) is 65.3 Å². The average molecular weight is 491 g/mol. The van der Waals surface area contributed by atoms with E-state index in [2.05, 4.69) is 0 Å². The number of esters is 2. The van der Waals surface area contributed by atoms with Gasteiger partial charge in [-0.05, 0) is 51.9 Å². The zero-order valence-electron chi connectivity index (χ0n) is 21.2. The number of nitrogens with zero attached hydrogens (tertiary/aromatic N) is 1. The molecule has 0 spiro atoms. The summed E-state index contributed by atoms with van der Waals surface area (Å²) in [5, 5.41) is 20.6. The van der Waals surface area contributed by atoms with Crippen LogP contribution in [-0.4, -0.2) is 79.9 Å². The van der Waals surface area contributed by atoms with Crippen LogP contribution in [0.15, 0.2) is 0 Å². The Labute approximate surface area is 201 Å². The van der Waals surface area contributed by atoms with Crippen LogP contribution in [0.5, 0.6) is 0 Å². The number of carboxylic acids is 1. The van der Waals surface area contributed by atoms with Gasteiger partial charge in [0, 0.05) is 32.1 Å².